The number of aryl methyl sites for hydroxylation is 1. The normalized spacial score (nSPS) is 23.9. The molecule has 2 amide bonds. The Morgan fingerprint density at radius 3 is 2.83 bits per heavy atom. The maximum absolute atomic E-state index is 12.7. The predicted octanol–water partition coefficient (Wildman–Crippen LogP) is 1.90. The first-order valence-electron chi connectivity index (χ1n) is 7.84. The summed E-state index contributed by atoms with van der Waals surface area (Å²) in [4.78, 5) is 37.1. The number of fused-ring (bicyclic) bond motifs is 1. The molecule has 1 fully saturated rings. The van der Waals surface area contributed by atoms with Crippen molar-refractivity contribution in [2.75, 3.05) is 18.4 Å². The fourth-order valence-corrected chi connectivity index (χ4v) is 3.29. The summed E-state index contributed by atoms with van der Waals surface area (Å²) in [5.74, 6) is -1.01. The molecule has 0 aromatic heterocycles. The lowest BCUT2D eigenvalue weighted by Gasteiger charge is -2.37. The van der Waals surface area contributed by atoms with Crippen LogP contribution in [0.5, 0.6) is 0 Å². The van der Waals surface area contributed by atoms with Crippen LogP contribution >= 0.6 is 0 Å². The maximum Gasteiger partial charge on any atom is 0.311 e. The van der Waals surface area contributed by atoms with E-state index in [-0.39, 0.29) is 18.4 Å². The number of carboxylic acids is 1. The minimum Gasteiger partial charge on any atom is -0.481 e. The van der Waals surface area contributed by atoms with E-state index >= 15 is 0 Å². The molecule has 2 heterocycles. The van der Waals surface area contributed by atoms with E-state index in [1.807, 2.05) is 6.07 Å². The average molecular weight is 316 g/mol. The van der Waals surface area contributed by atoms with Crippen molar-refractivity contribution in [3.05, 3.63) is 29.3 Å². The highest BCUT2D eigenvalue weighted by Gasteiger charge is 2.39. The van der Waals surface area contributed by atoms with Gasteiger partial charge in [0.05, 0.1) is 5.41 Å². The monoisotopic (exact) mass is 316 g/mol. The van der Waals surface area contributed by atoms with E-state index in [1.165, 1.54) is 0 Å². The number of carbonyl (C=O) groups excluding carboxylic acids is 2. The fourth-order valence-electron chi connectivity index (χ4n) is 3.29. The first kappa shape index (κ1) is 15.5. The Morgan fingerprint density at radius 2 is 2.09 bits per heavy atom. The number of anilines is 1. The van der Waals surface area contributed by atoms with Gasteiger partial charge in [0.15, 0.2) is 0 Å². The van der Waals surface area contributed by atoms with Crippen LogP contribution in [0.4, 0.5) is 5.69 Å². The number of likely N-dealkylation sites (tertiary alicyclic amines) is 1. The number of nitrogens with zero attached hydrogens (tertiary/aromatic N) is 1. The molecule has 2 N–H and O–H groups in total. The lowest BCUT2D eigenvalue weighted by molar-refractivity contribution is -0.150. The summed E-state index contributed by atoms with van der Waals surface area (Å²) in [7, 11) is 0. The van der Waals surface area contributed by atoms with Gasteiger partial charge in [0.2, 0.25) is 5.91 Å². The maximum atomic E-state index is 12.7. The Kier molecular flexibility index (Phi) is 3.83. The first-order chi connectivity index (χ1) is 10.9. The van der Waals surface area contributed by atoms with Crippen LogP contribution in [0.1, 0.15) is 42.1 Å². The number of nitrogens with one attached hydrogen (secondary N) is 1. The number of hydrogen-bond acceptors (Lipinski definition) is 3. The van der Waals surface area contributed by atoms with Gasteiger partial charge in [-0.25, -0.2) is 0 Å². The number of carboxylic acid groups (broad SMARTS) is 1. The summed E-state index contributed by atoms with van der Waals surface area (Å²) in [6.07, 6.45) is 2.32. The van der Waals surface area contributed by atoms with Gasteiger partial charge in [-0.05, 0) is 49.9 Å². The smallest absolute Gasteiger partial charge is 0.311 e. The first-order valence-corrected chi connectivity index (χ1v) is 7.84. The van der Waals surface area contributed by atoms with Crippen LogP contribution in [0.25, 0.3) is 0 Å². The van der Waals surface area contributed by atoms with Crippen molar-refractivity contribution in [1.82, 2.24) is 4.90 Å². The quantitative estimate of drug-likeness (QED) is 0.872. The molecule has 0 radical (unpaired) electrons. The van der Waals surface area contributed by atoms with Crippen molar-refractivity contribution in [2.45, 2.75) is 32.6 Å². The molecule has 23 heavy (non-hydrogen) atoms. The molecular formula is C17H20N2O4. The highest BCUT2D eigenvalue weighted by atomic mass is 16.4. The molecule has 0 spiro atoms. The third kappa shape index (κ3) is 2.93. The van der Waals surface area contributed by atoms with Crippen molar-refractivity contribution in [3.8, 4) is 0 Å². The molecule has 122 valence electrons. The molecule has 6 nitrogen and oxygen atoms in total. The highest BCUT2D eigenvalue weighted by molar-refractivity contribution is 5.98. The van der Waals surface area contributed by atoms with Gasteiger partial charge >= 0.3 is 5.97 Å². The Bertz CT molecular complexity index is 685. The van der Waals surface area contributed by atoms with Crippen LogP contribution in [0.15, 0.2) is 18.2 Å². The van der Waals surface area contributed by atoms with Crippen LogP contribution in [-0.2, 0) is 16.0 Å². The number of piperidine rings is 1. The Balaban J connectivity index is 1.80. The molecule has 0 aliphatic carbocycles. The van der Waals surface area contributed by atoms with Crippen LogP contribution in [0, 0.1) is 5.41 Å². The van der Waals surface area contributed by atoms with E-state index in [0.29, 0.717) is 37.8 Å². The number of aliphatic carboxylic acids is 1. The molecule has 0 saturated carbocycles. The summed E-state index contributed by atoms with van der Waals surface area (Å²) < 4.78 is 0. The van der Waals surface area contributed by atoms with Gasteiger partial charge in [-0.3, -0.25) is 14.4 Å². The summed E-state index contributed by atoms with van der Waals surface area (Å²) in [5, 5.41) is 12.2. The molecule has 2 aliphatic rings. The van der Waals surface area contributed by atoms with Crippen LogP contribution in [-0.4, -0.2) is 40.9 Å². The fraction of sp³-hybridized carbons (Fsp3) is 0.471. The van der Waals surface area contributed by atoms with Crippen LogP contribution in [0.3, 0.4) is 0 Å². The summed E-state index contributed by atoms with van der Waals surface area (Å²) in [5.41, 5.74) is 1.38. The zero-order valence-electron chi connectivity index (χ0n) is 13.1. The molecule has 3 rings (SSSR count). The van der Waals surface area contributed by atoms with E-state index in [4.69, 9.17) is 0 Å². The van der Waals surface area contributed by atoms with E-state index in [1.54, 1.807) is 24.0 Å². The second kappa shape index (κ2) is 5.68. The number of amides is 2. The number of rotatable bonds is 2. The van der Waals surface area contributed by atoms with Crippen molar-refractivity contribution in [2.24, 2.45) is 5.41 Å². The van der Waals surface area contributed by atoms with Crippen LogP contribution in [0.2, 0.25) is 0 Å². The second-order valence-corrected chi connectivity index (χ2v) is 6.62. The molecule has 0 bridgehead atoms. The van der Waals surface area contributed by atoms with Crippen molar-refractivity contribution in [1.29, 1.82) is 0 Å². The molecule has 1 aromatic rings. The van der Waals surface area contributed by atoms with Gasteiger partial charge in [0.1, 0.15) is 0 Å². The third-order valence-electron chi connectivity index (χ3n) is 4.75. The Labute approximate surface area is 134 Å². The lowest BCUT2D eigenvalue weighted by atomic mass is 9.82. The average Bonchev–Trinajstić information content (AvgIpc) is 2.53. The molecule has 2 aliphatic heterocycles. The van der Waals surface area contributed by atoms with Gasteiger partial charge in [0, 0.05) is 30.8 Å². The number of hydrogen-bond donors (Lipinski definition) is 2. The summed E-state index contributed by atoms with van der Waals surface area (Å²) >= 11 is 0. The molecule has 6 heteroatoms. The van der Waals surface area contributed by atoms with Crippen molar-refractivity contribution < 1.29 is 19.5 Å². The Hall–Kier alpha value is -2.37. The van der Waals surface area contributed by atoms with E-state index in [2.05, 4.69) is 5.32 Å². The molecule has 1 aromatic carbocycles. The van der Waals surface area contributed by atoms with Gasteiger partial charge in [0.25, 0.3) is 5.91 Å². The number of carbonyl (C=O) groups is 3. The van der Waals surface area contributed by atoms with Gasteiger partial charge in [-0.15, -0.1) is 0 Å². The molecule has 1 atom stereocenters. The minimum absolute atomic E-state index is 0.00941. The van der Waals surface area contributed by atoms with E-state index in [0.717, 1.165) is 11.3 Å². The van der Waals surface area contributed by atoms with Crippen molar-refractivity contribution in [3.63, 3.8) is 0 Å². The van der Waals surface area contributed by atoms with Crippen molar-refractivity contribution >= 4 is 23.5 Å². The zero-order chi connectivity index (χ0) is 16.6. The SMILES string of the molecule is CC1(C(=O)O)CCCN(C(=O)c2ccc3c(c2)CCC(=O)N3)C1. The summed E-state index contributed by atoms with van der Waals surface area (Å²) in [6, 6.07) is 5.25. The molecule has 1 unspecified atom stereocenters. The standard InChI is InChI=1S/C17H20N2O4/c1-17(16(22)23)7-2-8-19(10-17)15(21)12-3-5-13-11(9-12)4-6-14(20)18-13/h3,5,9H,2,4,6-8,10H2,1H3,(H,18,20)(H,22,23). The van der Waals surface area contributed by atoms with E-state index < -0.39 is 11.4 Å². The molecular weight excluding hydrogens is 296 g/mol. The lowest BCUT2D eigenvalue weighted by Crippen LogP contribution is -2.48. The predicted molar refractivity (Wildman–Crippen MR) is 84.3 cm³/mol. The van der Waals surface area contributed by atoms with Crippen LogP contribution < -0.4 is 5.32 Å². The van der Waals surface area contributed by atoms with Gasteiger partial charge in [-0.1, -0.05) is 0 Å². The number of benzene rings is 1. The van der Waals surface area contributed by atoms with Gasteiger partial charge < -0.3 is 15.3 Å². The zero-order valence-corrected chi connectivity index (χ0v) is 13.1. The second-order valence-electron chi connectivity index (χ2n) is 6.62. The summed E-state index contributed by atoms with van der Waals surface area (Å²) in [6.45, 7) is 2.50. The minimum atomic E-state index is -0.879. The third-order valence-corrected chi connectivity index (χ3v) is 4.75. The Morgan fingerprint density at radius 1 is 1.30 bits per heavy atom. The van der Waals surface area contributed by atoms with Gasteiger partial charge in [-0.2, -0.15) is 0 Å². The highest BCUT2D eigenvalue weighted by Crippen LogP contribution is 2.31. The largest absolute Gasteiger partial charge is 0.481 e. The topological polar surface area (TPSA) is 86.7 Å². The molecule has 1 saturated heterocycles. The van der Waals surface area contributed by atoms with E-state index in [9.17, 15) is 19.5 Å².